The standard InChI is InChI=1S/C16H15ClN6O/c17-12-6-19-16-21-14(9-23(16)8-12)15(24)22-5-1-2-11(7-22)13-3-4-18-10-20-13/h3-4,6,8-11H,1-2,5,7H2/t11-/m1/s1. The third-order valence-electron chi connectivity index (χ3n) is 4.23. The molecule has 8 heteroatoms. The van der Waals surface area contributed by atoms with Gasteiger partial charge in [0.25, 0.3) is 5.91 Å². The Kier molecular flexibility index (Phi) is 3.86. The van der Waals surface area contributed by atoms with Crippen LogP contribution in [0.4, 0.5) is 0 Å². The Labute approximate surface area is 143 Å². The van der Waals surface area contributed by atoms with Crippen molar-refractivity contribution in [2.75, 3.05) is 13.1 Å². The van der Waals surface area contributed by atoms with Crippen LogP contribution in [-0.2, 0) is 0 Å². The number of likely N-dealkylation sites (tertiary alicyclic amines) is 1. The van der Waals surface area contributed by atoms with Gasteiger partial charge in [-0.25, -0.2) is 19.9 Å². The van der Waals surface area contributed by atoms with E-state index in [0.717, 1.165) is 25.1 Å². The number of halogens is 1. The van der Waals surface area contributed by atoms with Gasteiger partial charge in [-0.3, -0.25) is 9.20 Å². The highest BCUT2D eigenvalue weighted by molar-refractivity contribution is 6.30. The Morgan fingerprint density at radius 1 is 1.29 bits per heavy atom. The van der Waals surface area contributed by atoms with Crippen LogP contribution in [0, 0.1) is 0 Å². The molecular formula is C16H15ClN6O. The minimum Gasteiger partial charge on any atom is -0.337 e. The first-order valence-corrected chi connectivity index (χ1v) is 8.14. The second-order valence-corrected chi connectivity index (χ2v) is 6.27. The molecule has 3 aromatic heterocycles. The van der Waals surface area contributed by atoms with Gasteiger partial charge >= 0.3 is 0 Å². The third-order valence-corrected chi connectivity index (χ3v) is 4.42. The molecule has 0 unspecified atom stereocenters. The van der Waals surface area contributed by atoms with Crippen LogP contribution in [0.5, 0.6) is 0 Å². The molecule has 1 fully saturated rings. The maximum atomic E-state index is 12.8. The average Bonchev–Trinajstić information content (AvgIpc) is 3.05. The molecule has 0 spiro atoms. The number of aromatic nitrogens is 5. The highest BCUT2D eigenvalue weighted by atomic mass is 35.5. The van der Waals surface area contributed by atoms with Gasteiger partial charge in [-0.05, 0) is 18.9 Å². The van der Waals surface area contributed by atoms with Gasteiger partial charge in [-0.2, -0.15) is 0 Å². The van der Waals surface area contributed by atoms with E-state index in [1.165, 1.54) is 6.20 Å². The largest absolute Gasteiger partial charge is 0.337 e. The highest BCUT2D eigenvalue weighted by Gasteiger charge is 2.27. The molecule has 1 aliphatic rings. The molecule has 24 heavy (non-hydrogen) atoms. The maximum Gasteiger partial charge on any atom is 0.274 e. The molecule has 0 N–H and O–H groups in total. The number of nitrogens with zero attached hydrogens (tertiary/aromatic N) is 6. The van der Waals surface area contributed by atoms with E-state index in [2.05, 4.69) is 19.9 Å². The van der Waals surface area contributed by atoms with E-state index in [4.69, 9.17) is 11.6 Å². The molecule has 0 saturated carbocycles. The molecule has 4 rings (SSSR count). The van der Waals surface area contributed by atoms with Crippen molar-refractivity contribution in [1.29, 1.82) is 0 Å². The first-order chi connectivity index (χ1) is 11.7. The maximum absolute atomic E-state index is 12.8. The lowest BCUT2D eigenvalue weighted by molar-refractivity contribution is 0.0700. The summed E-state index contributed by atoms with van der Waals surface area (Å²) in [6.45, 7) is 1.36. The summed E-state index contributed by atoms with van der Waals surface area (Å²) < 4.78 is 1.67. The van der Waals surface area contributed by atoms with Gasteiger partial charge in [0.2, 0.25) is 5.78 Å². The number of hydrogen-bond donors (Lipinski definition) is 0. The smallest absolute Gasteiger partial charge is 0.274 e. The van der Waals surface area contributed by atoms with E-state index in [-0.39, 0.29) is 11.8 Å². The molecule has 0 aromatic carbocycles. The normalized spacial score (nSPS) is 18.0. The molecule has 1 atom stereocenters. The Bertz CT molecular complexity index is 881. The SMILES string of the molecule is O=C(c1cn2cc(Cl)cnc2n1)N1CCC[C@@H](c2ccncn2)C1. The number of imidazole rings is 1. The predicted octanol–water partition coefficient (Wildman–Crippen LogP) is 2.19. The molecule has 0 bridgehead atoms. The molecule has 0 aliphatic carbocycles. The van der Waals surface area contributed by atoms with Crippen molar-refractivity contribution >= 4 is 23.3 Å². The third kappa shape index (κ3) is 2.82. The summed E-state index contributed by atoms with van der Waals surface area (Å²) in [5, 5.41) is 0.501. The van der Waals surface area contributed by atoms with Gasteiger partial charge in [-0.15, -0.1) is 0 Å². The topological polar surface area (TPSA) is 76.3 Å². The zero-order valence-corrected chi connectivity index (χ0v) is 13.6. The van der Waals surface area contributed by atoms with Crippen molar-refractivity contribution in [3.05, 3.63) is 53.6 Å². The fourth-order valence-electron chi connectivity index (χ4n) is 3.07. The summed E-state index contributed by atoms with van der Waals surface area (Å²) in [6.07, 6.45) is 10.1. The van der Waals surface area contributed by atoms with Crippen molar-refractivity contribution in [3.8, 4) is 0 Å². The monoisotopic (exact) mass is 342 g/mol. The average molecular weight is 343 g/mol. The molecule has 1 aliphatic heterocycles. The van der Waals surface area contributed by atoms with Crippen molar-refractivity contribution < 1.29 is 4.79 Å². The number of rotatable bonds is 2. The van der Waals surface area contributed by atoms with E-state index in [1.807, 2.05) is 11.0 Å². The van der Waals surface area contributed by atoms with Gasteiger partial charge in [-0.1, -0.05) is 11.6 Å². The summed E-state index contributed by atoms with van der Waals surface area (Å²) in [4.78, 5) is 31.3. The van der Waals surface area contributed by atoms with Crippen molar-refractivity contribution in [2.45, 2.75) is 18.8 Å². The number of carbonyl (C=O) groups is 1. The second-order valence-electron chi connectivity index (χ2n) is 5.83. The number of fused-ring (bicyclic) bond motifs is 1. The fourth-order valence-corrected chi connectivity index (χ4v) is 3.22. The van der Waals surface area contributed by atoms with Crippen LogP contribution >= 0.6 is 11.6 Å². The van der Waals surface area contributed by atoms with Crippen LogP contribution < -0.4 is 0 Å². The Morgan fingerprint density at radius 2 is 2.21 bits per heavy atom. The Hall–Kier alpha value is -2.54. The quantitative estimate of drug-likeness (QED) is 0.713. The lowest BCUT2D eigenvalue weighted by Gasteiger charge is -2.31. The zero-order chi connectivity index (χ0) is 16.5. The van der Waals surface area contributed by atoms with E-state index in [1.54, 1.807) is 29.3 Å². The molecule has 1 saturated heterocycles. The first-order valence-electron chi connectivity index (χ1n) is 7.76. The molecule has 1 amide bonds. The number of hydrogen-bond acceptors (Lipinski definition) is 5. The number of carbonyl (C=O) groups excluding carboxylic acids is 1. The summed E-state index contributed by atoms with van der Waals surface area (Å²) >= 11 is 5.92. The van der Waals surface area contributed by atoms with Crippen molar-refractivity contribution in [3.63, 3.8) is 0 Å². The first kappa shape index (κ1) is 15.0. The van der Waals surface area contributed by atoms with Gasteiger partial charge in [0.05, 0.1) is 11.2 Å². The minimum atomic E-state index is -0.0876. The van der Waals surface area contributed by atoms with Gasteiger partial charge < -0.3 is 4.90 Å². The highest BCUT2D eigenvalue weighted by Crippen LogP contribution is 2.26. The minimum absolute atomic E-state index is 0.0876. The van der Waals surface area contributed by atoms with Crippen LogP contribution in [-0.4, -0.2) is 48.2 Å². The molecule has 0 radical (unpaired) electrons. The predicted molar refractivity (Wildman–Crippen MR) is 87.9 cm³/mol. The summed E-state index contributed by atoms with van der Waals surface area (Å²) in [5.74, 6) is 0.609. The molecule has 4 heterocycles. The summed E-state index contributed by atoms with van der Waals surface area (Å²) in [5.41, 5.74) is 1.36. The molecule has 7 nitrogen and oxygen atoms in total. The van der Waals surface area contributed by atoms with E-state index in [0.29, 0.717) is 23.0 Å². The van der Waals surface area contributed by atoms with E-state index >= 15 is 0 Å². The number of amides is 1. The fraction of sp³-hybridized carbons (Fsp3) is 0.312. The van der Waals surface area contributed by atoms with Gasteiger partial charge in [0.15, 0.2) is 0 Å². The lowest BCUT2D eigenvalue weighted by Crippen LogP contribution is -2.39. The summed E-state index contributed by atoms with van der Waals surface area (Å²) in [6, 6.07) is 1.91. The number of piperidine rings is 1. The van der Waals surface area contributed by atoms with Crippen LogP contribution in [0.25, 0.3) is 5.78 Å². The van der Waals surface area contributed by atoms with Crippen LogP contribution in [0.15, 0.2) is 37.2 Å². The van der Waals surface area contributed by atoms with Crippen molar-refractivity contribution in [2.24, 2.45) is 0 Å². The second kappa shape index (κ2) is 6.16. The Morgan fingerprint density at radius 3 is 3.04 bits per heavy atom. The Balaban J connectivity index is 1.56. The molecule has 3 aromatic rings. The van der Waals surface area contributed by atoms with Gasteiger partial charge in [0.1, 0.15) is 12.0 Å². The van der Waals surface area contributed by atoms with Crippen LogP contribution in [0.1, 0.15) is 34.9 Å². The van der Waals surface area contributed by atoms with Gasteiger partial charge in [0, 0.05) is 43.3 Å². The molecular weight excluding hydrogens is 328 g/mol. The van der Waals surface area contributed by atoms with Crippen molar-refractivity contribution in [1.82, 2.24) is 29.2 Å². The zero-order valence-electron chi connectivity index (χ0n) is 12.8. The van der Waals surface area contributed by atoms with Crippen LogP contribution in [0.2, 0.25) is 5.02 Å². The molecule has 122 valence electrons. The lowest BCUT2D eigenvalue weighted by atomic mass is 9.94. The van der Waals surface area contributed by atoms with Crippen LogP contribution in [0.3, 0.4) is 0 Å². The van der Waals surface area contributed by atoms with E-state index in [9.17, 15) is 4.79 Å². The van der Waals surface area contributed by atoms with E-state index < -0.39 is 0 Å². The summed E-state index contributed by atoms with van der Waals surface area (Å²) in [7, 11) is 0.